The molecular formula is C12H17N3O2. The van der Waals surface area contributed by atoms with Gasteiger partial charge in [0.2, 0.25) is 0 Å². The summed E-state index contributed by atoms with van der Waals surface area (Å²) < 4.78 is 0. The zero-order chi connectivity index (χ0) is 12.3. The lowest BCUT2D eigenvalue weighted by Gasteiger charge is -2.16. The fourth-order valence-electron chi connectivity index (χ4n) is 1.78. The van der Waals surface area contributed by atoms with E-state index in [1.54, 1.807) is 12.1 Å². The van der Waals surface area contributed by atoms with Gasteiger partial charge in [-0.1, -0.05) is 0 Å². The molecule has 0 aromatic heterocycles. The molecule has 0 aliphatic heterocycles. The first-order valence-electron chi connectivity index (χ1n) is 5.85. The number of nitrogens with zero attached hydrogens (tertiary/aromatic N) is 2. The Balaban J connectivity index is 1.76. The van der Waals surface area contributed by atoms with Gasteiger partial charge in [0.05, 0.1) is 4.92 Å². The molecule has 1 aromatic carbocycles. The van der Waals surface area contributed by atoms with Crippen molar-refractivity contribution in [1.29, 1.82) is 0 Å². The Morgan fingerprint density at radius 2 is 2.06 bits per heavy atom. The Labute approximate surface area is 101 Å². The fraction of sp³-hybridized carbons (Fsp3) is 0.500. The maximum Gasteiger partial charge on any atom is 0.269 e. The highest BCUT2D eigenvalue weighted by molar-refractivity contribution is 5.48. The lowest BCUT2D eigenvalue weighted by Crippen LogP contribution is -2.26. The zero-order valence-electron chi connectivity index (χ0n) is 9.93. The molecule has 0 radical (unpaired) electrons. The molecule has 1 aliphatic carbocycles. The smallest absolute Gasteiger partial charge is 0.269 e. The van der Waals surface area contributed by atoms with Crippen molar-refractivity contribution < 1.29 is 4.92 Å². The summed E-state index contributed by atoms with van der Waals surface area (Å²) >= 11 is 0. The molecule has 2 rings (SSSR count). The molecule has 92 valence electrons. The topological polar surface area (TPSA) is 58.4 Å². The van der Waals surface area contributed by atoms with Crippen LogP contribution >= 0.6 is 0 Å². The van der Waals surface area contributed by atoms with Crippen molar-refractivity contribution in [2.45, 2.75) is 18.9 Å². The third kappa shape index (κ3) is 3.42. The average Bonchev–Trinajstić information content (AvgIpc) is 3.13. The van der Waals surface area contributed by atoms with Gasteiger partial charge in [-0.05, 0) is 32.0 Å². The van der Waals surface area contributed by atoms with Crippen molar-refractivity contribution in [2.75, 3.05) is 25.5 Å². The Kier molecular flexibility index (Phi) is 3.58. The van der Waals surface area contributed by atoms with Gasteiger partial charge >= 0.3 is 0 Å². The maximum absolute atomic E-state index is 10.5. The molecule has 0 heterocycles. The van der Waals surface area contributed by atoms with Crippen molar-refractivity contribution >= 4 is 11.4 Å². The summed E-state index contributed by atoms with van der Waals surface area (Å²) in [5.74, 6) is 0. The van der Waals surface area contributed by atoms with E-state index in [0.29, 0.717) is 0 Å². The predicted octanol–water partition coefficient (Wildman–Crippen LogP) is 2.10. The van der Waals surface area contributed by atoms with E-state index in [1.165, 1.54) is 25.0 Å². The van der Waals surface area contributed by atoms with Gasteiger partial charge < -0.3 is 10.2 Å². The van der Waals surface area contributed by atoms with Gasteiger partial charge in [0.1, 0.15) is 0 Å². The molecule has 0 unspecified atom stereocenters. The van der Waals surface area contributed by atoms with Crippen molar-refractivity contribution in [3.05, 3.63) is 34.4 Å². The summed E-state index contributed by atoms with van der Waals surface area (Å²) in [5, 5.41) is 13.7. The minimum atomic E-state index is -0.384. The number of non-ortho nitro benzene ring substituents is 1. The van der Waals surface area contributed by atoms with Gasteiger partial charge in [0.15, 0.2) is 0 Å². The highest BCUT2D eigenvalue weighted by Crippen LogP contribution is 2.24. The van der Waals surface area contributed by atoms with Crippen LogP contribution in [0, 0.1) is 10.1 Å². The third-order valence-corrected chi connectivity index (χ3v) is 3.04. The number of nitrogens with one attached hydrogen (secondary N) is 1. The van der Waals surface area contributed by atoms with Crippen LogP contribution in [0.2, 0.25) is 0 Å². The van der Waals surface area contributed by atoms with Crippen molar-refractivity contribution in [1.82, 2.24) is 4.90 Å². The highest BCUT2D eigenvalue weighted by atomic mass is 16.6. The van der Waals surface area contributed by atoms with Gasteiger partial charge in [-0.25, -0.2) is 0 Å². The van der Waals surface area contributed by atoms with Crippen LogP contribution in [0.3, 0.4) is 0 Å². The summed E-state index contributed by atoms with van der Waals surface area (Å²) in [6.45, 7) is 1.87. The van der Waals surface area contributed by atoms with Crippen LogP contribution < -0.4 is 5.32 Å². The molecule has 5 heteroatoms. The zero-order valence-corrected chi connectivity index (χ0v) is 9.93. The van der Waals surface area contributed by atoms with Gasteiger partial charge in [-0.3, -0.25) is 10.1 Å². The van der Waals surface area contributed by atoms with Crippen LogP contribution in [-0.2, 0) is 0 Å². The number of nitro groups is 1. The molecule has 17 heavy (non-hydrogen) atoms. The van der Waals surface area contributed by atoms with Crippen LogP contribution in [0.15, 0.2) is 24.3 Å². The van der Waals surface area contributed by atoms with Crippen molar-refractivity contribution in [2.24, 2.45) is 0 Å². The Morgan fingerprint density at radius 3 is 2.59 bits per heavy atom. The molecule has 1 aromatic rings. The third-order valence-electron chi connectivity index (χ3n) is 3.04. The molecule has 1 N–H and O–H groups in total. The SMILES string of the molecule is CN(CCNc1ccc([N+](=O)[O-])cc1)C1CC1. The summed E-state index contributed by atoms with van der Waals surface area (Å²) in [6.07, 6.45) is 2.63. The minimum absolute atomic E-state index is 0.130. The molecule has 0 bridgehead atoms. The lowest BCUT2D eigenvalue weighted by atomic mass is 10.3. The van der Waals surface area contributed by atoms with Gasteiger partial charge in [0.25, 0.3) is 5.69 Å². The second-order valence-corrected chi connectivity index (χ2v) is 4.44. The maximum atomic E-state index is 10.5. The Morgan fingerprint density at radius 1 is 1.41 bits per heavy atom. The molecule has 0 saturated heterocycles. The first-order valence-corrected chi connectivity index (χ1v) is 5.85. The minimum Gasteiger partial charge on any atom is -0.384 e. The first kappa shape index (κ1) is 11.9. The summed E-state index contributed by atoms with van der Waals surface area (Å²) in [7, 11) is 2.13. The predicted molar refractivity (Wildman–Crippen MR) is 67.2 cm³/mol. The van der Waals surface area contributed by atoms with Crippen molar-refractivity contribution in [3.63, 3.8) is 0 Å². The lowest BCUT2D eigenvalue weighted by molar-refractivity contribution is -0.384. The van der Waals surface area contributed by atoms with E-state index < -0.39 is 0 Å². The molecule has 1 aliphatic rings. The molecule has 1 fully saturated rings. The number of hydrogen-bond acceptors (Lipinski definition) is 4. The molecule has 0 spiro atoms. The standard InChI is InChI=1S/C12H17N3O2/c1-14(11-6-7-11)9-8-13-10-2-4-12(5-3-10)15(16)17/h2-5,11,13H,6-9H2,1H3. The van der Waals surface area contributed by atoms with Gasteiger partial charge in [-0.15, -0.1) is 0 Å². The van der Waals surface area contributed by atoms with E-state index in [2.05, 4.69) is 17.3 Å². The summed E-state index contributed by atoms with van der Waals surface area (Å²) in [6, 6.07) is 7.30. The average molecular weight is 235 g/mol. The second-order valence-electron chi connectivity index (χ2n) is 4.44. The Hall–Kier alpha value is -1.62. The van der Waals surface area contributed by atoms with E-state index in [1.807, 2.05) is 0 Å². The number of nitro benzene ring substituents is 1. The van der Waals surface area contributed by atoms with Crippen molar-refractivity contribution in [3.8, 4) is 0 Å². The van der Waals surface area contributed by atoms with E-state index in [0.717, 1.165) is 24.8 Å². The van der Waals surface area contributed by atoms with E-state index in [-0.39, 0.29) is 10.6 Å². The van der Waals surface area contributed by atoms with Crippen LogP contribution in [0.25, 0.3) is 0 Å². The van der Waals surface area contributed by atoms with E-state index >= 15 is 0 Å². The number of rotatable bonds is 6. The summed E-state index contributed by atoms with van der Waals surface area (Å²) in [4.78, 5) is 12.4. The van der Waals surface area contributed by atoms with Crippen LogP contribution in [-0.4, -0.2) is 36.0 Å². The van der Waals surface area contributed by atoms with Crippen LogP contribution in [0.5, 0.6) is 0 Å². The molecular weight excluding hydrogens is 218 g/mol. The van der Waals surface area contributed by atoms with Crippen LogP contribution in [0.1, 0.15) is 12.8 Å². The molecule has 0 amide bonds. The number of hydrogen-bond donors (Lipinski definition) is 1. The quantitative estimate of drug-likeness (QED) is 0.606. The van der Waals surface area contributed by atoms with Crippen LogP contribution in [0.4, 0.5) is 11.4 Å². The molecule has 5 nitrogen and oxygen atoms in total. The largest absolute Gasteiger partial charge is 0.384 e. The summed E-state index contributed by atoms with van der Waals surface area (Å²) in [5.41, 5.74) is 1.06. The number of anilines is 1. The first-order chi connectivity index (χ1) is 8.16. The number of benzene rings is 1. The molecule has 0 atom stereocenters. The van der Waals surface area contributed by atoms with Gasteiger partial charge in [-0.2, -0.15) is 0 Å². The Bertz CT molecular complexity index is 387. The monoisotopic (exact) mass is 235 g/mol. The highest BCUT2D eigenvalue weighted by Gasteiger charge is 2.25. The number of likely N-dealkylation sites (N-methyl/N-ethyl adjacent to an activating group) is 1. The normalized spacial score (nSPS) is 14.9. The van der Waals surface area contributed by atoms with E-state index in [9.17, 15) is 10.1 Å². The second kappa shape index (κ2) is 5.14. The van der Waals surface area contributed by atoms with E-state index in [4.69, 9.17) is 0 Å². The van der Waals surface area contributed by atoms with Gasteiger partial charge in [0, 0.05) is 37.0 Å². The fourth-order valence-corrected chi connectivity index (χ4v) is 1.78. The molecule has 1 saturated carbocycles.